The standard InChI is InChI=1S/C11H14N2O5/c1-5-4-13(11(17)12-10(5)16)8-3-7(15)9(18-8)6(2)14/h4,7-9,14-15H,2-3H2,1H3,(H,12,16,17)/t7-,8+,9+/m0/s1. The summed E-state index contributed by atoms with van der Waals surface area (Å²) in [6.07, 6.45) is -1.10. The fourth-order valence-electron chi connectivity index (χ4n) is 1.93. The molecule has 0 radical (unpaired) electrons. The first kappa shape index (κ1) is 12.6. The Bertz CT molecular complexity index is 588. The minimum atomic E-state index is -0.938. The summed E-state index contributed by atoms with van der Waals surface area (Å²) < 4.78 is 6.52. The minimum Gasteiger partial charge on any atom is -0.510 e. The lowest BCUT2D eigenvalue weighted by atomic mass is 10.1. The molecule has 7 heteroatoms. The van der Waals surface area contributed by atoms with Crippen LogP contribution in [0.1, 0.15) is 18.2 Å². The number of aliphatic hydroxyl groups excluding tert-OH is 2. The summed E-state index contributed by atoms with van der Waals surface area (Å²) in [4.78, 5) is 25.0. The molecule has 1 aliphatic heterocycles. The molecule has 0 amide bonds. The van der Waals surface area contributed by atoms with Gasteiger partial charge in [-0.25, -0.2) is 4.79 Å². The van der Waals surface area contributed by atoms with Crippen molar-refractivity contribution in [3.05, 3.63) is 44.9 Å². The second-order valence-electron chi connectivity index (χ2n) is 4.28. The lowest BCUT2D eigenvalue weighted by Gasteiger charge is -2.15. The van der Waals surface area contributed by atoms with E-state index in [0.29, 0.717) is 5.56 Å². The average molecular weight is 254 g/mol. The molecular weight excluding hydrogens is 240 g/mol. The van der Waals surface area contributed by atoms with Crippen LogP contribution in [-0.2, 0) is 4.74 Å². The van der Waals surface area contributed by atoms with Crippen molar-refractivity contribution in [2.24, 2.45) is 0 Å². The van der Waals surface area contributed by atoms with Crippen molar-refractivity contribution in [1.29, 1.82) is 0 Å². The number of hydrogen-bond acceptors (Lipinski definition) is 5. The maximum atomic E-state index is 11.6. The zero-order valence-corrected chi connectivity index (χ0v) is 9.79. The van der Waals surface area contributed by atoms with Gasteiger partial charge in [-0.3, -0.25) is 14.3 Å². The van der Waals surface area contributed by atoms with Gasteiger partial charge in [-0.1, -0.05) is 6.58 Å². The molecule has 0 unspecified atom stereocenters. The molecule has 0 bridgehead atoms. The number of nitrogens with one attached hydrogen (secondary N) is 1. The van der Waals surface area contributed by atoms with E-state index in [9.17, 15) is 19.8 Å². The summed E-state index contributed by atoms with van der Waals surface area (Å²) in [5.41, 5.74) is -0.719. The van der Waals surface area contributed by atoms with Crippen LogP contribution in [-0.4, -0.2) is 32.0 Å². The van der Waals surface area contributed by atoms with Gasteiger partial charge in [-0.15, -0.1) is 0 Å². The predicted octanol–water partition coefficient (Wildman–Crippen LogP) is -0.435. The molecule has 18 heavy (non-hydrogen) atoms. The van der Waals surface area contributed by atoms with Gasteiger partial charge in [0.2, 0.25) is 0 Å². The highest BCUT2D eigenvalue weighted by Gasteiger charge is 2.37. The van der Waals surface area contributed by atoms with Crippen molar-refractivity contribution in [3.63, 3.8) is 0 Å². The van der Waals surface area contributed by atoms with Crippen LogP contribution in [0.5, 0.6) is 0 Å². The van der Waals surface area contributed by atoms with Gasteiger partial charge in [0, 0.05) is 18.2 Å². The number of hydrogen-bond donors (Lipinski definition) is 3. The Balaban J connectivity index is 2.35. The first-order chi connectivity index (χ1) is 8.40. The van der Waals surface area contributed by atoms with Crippen LogP contribution in [0, 0.1) is 6.92 Å². The number of rotatable bonds is 2. The van der Waals surface area contributed by atoms with E-state index in [1.54, 1.807) is 6.92 Å². The van der Waals surface area contributed by atoms with Crippen LogP contribution in [0.15, 0.2) is 28.1 Å². The number of ether oxygens (including phenoxy) is 1. The van der Waals surface area contributed by atoms with Gasteiger partial charge in [0.05, 0.1) is 6.10 Å². The Morgan fingerprint density at radius 3 is 2.83 bits per heavy atom. The maximum Gasteiger partial charge on any atom is 0.330 e. The highest BCUT2D eigenvalue weighted by atomic mass is 16.5. The van der Waals surface area contributed by atoms with Crippen LogP contribution in [0.3, 0.4) is 0 Å². The van der Waals surface area contributed by atoms with Gasteiger partial charge >= 0.3 is 5.69 Å². The number of aromatic amines is 1. The first-order valence-electron chi connectivity index (χ1n) is 5.43. The van der Waals surface area contributed by atoms with Gasteiger partial charge in [-0.05, 0) is 6.92 Å². The fraction of sp³-hybridized carbons (Fsp3) is 0.455. The Morgan fingerprint density at radius 1 is 1.61 bits per heavy atom. The SMILES string of the molecule is C=C(O)[C@H]1O[C@@H](n2cc(C)c(=O)[nH]c2=O)C[C@@H]1O. The molecule has 0 aliphatic carbocycles. The quantitative estimate of drug-likeness (QED) is 0.621. The Labute approximate surface area is 102 Å². The van der Waals surface area contributed by atoms with E-state index < -0.39 is 29.7 Å². The van der Waals surface area contributed by atoms with Crippen molar-refractivity contribution in [2.45, 2.75) is 31.8 Å². The highest BCUT2D eigenvalue weighted by Crippen LogP contribution is 2.30. The van der Waals surface area contributed by atoms with E-state index in [4.69, 9.17) is 4.74 Å². The third-order valence-corrected chi connectivity index (χ3v) is 2.88. The molecule has 2 heterocycles. The normalized spacial score (nSPS) is 27.3. The Kier molecular flexibility index (Phi) is 3.10. The topological polar surface area (TPSA) is 105 Å². The molecule has 98 valence electrons. The van der Waals surface area contributed by atoms with E-state index in [1.165, 1.54) is 10.8 Å². The average Bonchev–Trinajstić information content (AvgIpc) is 2.65. The summed E-state index contributed by atoms with van der Waals surface area (Å²) in [5.74, 6) is -0.292. The Hall–Kier alpha value is -1.86. The molecule has 1 aromatic heterocycles. The van der Waals surface area contributed by atoms with E-state index >= 15 is 0 Å². The zero-order chi connectivity index (χ0) is 13.4. The van der Waals surface area contributed by atoms with Gasteiger partial charge in [0.15, 0.2) is 0 Å². The summed E-state index contributed by atoms with van der Waals surface area (Å²) in [7, 11) is 0. The molecule has 3 N–H and O–H groups in total. The lowest BCUT2D eigenvalue weighted by Crippen LogP contribution is -2.33. The smallest absolute Gasteiger partial charge is 0.330 e. The maximum absolute atomic E-state index is 11.6. The largest absolute Gasteiger partial charge is 0.510 e. The third kappa shape index (κ3) is 2.09. The predicted molar refractivity (Wildman–Crippen MR) is 62.4 cm³/mol. The number of aromatic nitrogens is 2. The van der Waals surface area contributed by atoms with E-state index in [1.807, 2.05) is 0 Å². The molecule has 1 fully saturated rings. The highest BCUT2D eigenvalue weighted by molar-refractivity contribution is 5.04. The summed E-state index contributed by atoms with van der Waals surface area (Å²) >= 11 is 0. The zero-order valence-electron chi connectivity index (χ0n) is 9.79. The van der Waals surface area contributed by atoms with Crippen molar-refractivity contribution >= 4 is 0 Å². The fourth-order valence-corrected chi connectivity index (χ4v) is 1.93. The van der Waals surface area contributed by atoms with Gasteiger partial charge < -0.3 is 14.9 Å². The molecule has 1 saturated heterocycles. The number of aliphatic hydroxyl groups is 2. The second kappa shape index (κ2) is 4.43. The molecule has 1 aromatic rings. The summed E-state index contributed by atoms with van der Waals surface area (Å²) in [5, 5.41) is 18.9. The molecular formula is C11H14N2O5. The molecule has 0 aromatic carbocycles. The van der Waals surface area contributed by atoms with Crippen LogP contribution in [0.2, 0.25) is 0 Å². The van der Waals surface area contributed by atoms with Crippen LogP contribution in [0.25, 0.3) is 0 Å². The number of aryl methyl sites for hydroxylation is 1. The van der Waals surface area contributed by atoms with E-state index in [0.717, 1.165) is 0 Å². The van der Waals surface area contributed by atoms with Crippen LogP contribution in [0.4, 0.5) is 0 Å². The number of nitrogens with zero attached hydrogens (tertiary/aromatic N) is 1. The van der Waals surface area contributed by atoms with Crippen LogP contribution >= 0.6 is 0 Å². The summed E-state index contributed by atoms with van der Waals surface area (Å²) in [6, 6.07) is 0. The molecule has 2 rings (SSSR count). The lowest BCUT2D eigenvalue weighted by molar-refractivity contribution is -0.0191. The third-order valence-electron chi connectivity index (χ3n) is 2.88. The second-order valence-corrected chi connectivity index (χ2v) is 4.28. The molecule has 0 spiro atoms. The molecule has 3 atom stereocenters. The Morgan fingerprint density at radius 2 is 2.28 bits per heavy atom. The molecule has 7 nitrogen and oxygen atoms in total. The van der Waals surface area contributed by atoms with Crippen molar-refractivity contribution in [3.8, 4) is 0 Å². The summed E-state index contributed by atoms with van der Waals surface area (Å²) in [6.45, 7) is 4.85. The van der Waals surface area contributed by atoms with Crippen molar-refractivity contribution in [1.82, 2.24) is 9.55 Å². The van der Waals surface area contributed by atoms with Crippen molar-refractivity contribution < 1.29 is 14.9 Å². The monoisotopic (exact) mass is 254 g/mol. The number of H-pyrrole nitrogens is 1. The van der Waals surface area contributed by atoms with E-state index in [-0.39, 0.29) is 12.2 Å². The van der Waals surface area contributed by atoms with Gasteiger partial charge in [0.1, 0.15) is 18.1 Å². The minimum absolute atomic E-state index is 0.135. The van der Waals surface area contributed by atoms with E-state index in [2.05, 4.69) is 11.6 Å². The molecule has 1 aliphatic rings. The van der Waals surface area contributed by atoms with Gasteiger partial charge in [0.25, 0.3) is 5.56 Å². The first-order valence-corrected chi connectivity index (χ1v) is 5.43. The van der Waals surface area contributed by atoms with Crippen molar-refractivity contribution in [2.75, 3.05) is 0 Å². The van der Waals surface area contributed by atoms with Gasteiger partial charge in [-0.2, -0.15) is 0 Å². The molecule has 0 saturated carbocycles. The van der Waals surface area contributed by atoms with Crippen LogP contribution < -0.4 is 11.2 Å².